The van der Waals surface area contributed by atoms with E-state index < -0.39 is 0 Å². The second-order valence-electron chi connectivity index (χ2n) is 1.87. The zero-order chi connectivity index (χ0) is 6.57. The molecule has 0 aliphatic carbocycles. The second-order valence-corrected chi connectivity index (χ2v) is 1.87. The second kappa shape index (κ2) is 3.28. The Morgan fingerprint density at radius 3 is 2.50 bits per heavy atom. The number of hydrogen-bond acceptors (Lipinski definition) is 2. The van der Waals surface area contributed by atoms with E-state index >= 15 is 0 Å². The molecule has 0 aromatic heterocycles. The van der Waals surface area contributed by atoms with Crippen LogP contribution in [0, 0.1) is 5.92 Å². The summed E-state index contributed by atoms with van der Waals surface area (Å²) >= 11 is 0. The lowest BCUT2D eigenvalue weighted by molar-refractivity contribution is 0.557. The first-order chi connectivity index (χ1) is 3.72. The van der Waals surface area contributed by atoms with Crippen LogP contribution in [0.15, 0.2) is 5.70 Å². The predicted molar refractivity (Wildman–Crippen MR) is 32.8 cm³/mol. The third-order valence-electron chi connectivity index (χ3n) is 1.26. The topological polar surface area (TPSA) is 43.1 Å². The molecule has 0 saturated heterocycles. The quantitative estimate of drug-likeness (QED) is 0.536. The van der Waals surface area contributed by atoms with Gasteiger partial charge in [-0.05, 0) is 6.42 Å². The minimum atomic E-state index is 0.187. The Kier molecular flexibility index (Phi) is 2.97. The molecular formula is C6H11NO. The molecule has 2 N–H and O–H groups in total. The average Bonchev–Trinajstić information content (AvgIpc) is 1.84. The molecule has 0 aromatic carbocycles. The normalized spacial score (nSPS) is 12.2. The van der Waals surface area contributed by atoms with Crippen LogP contribution in [0.2, 0.25) is 0 Å². The molecule has 0 bridgehead atoms. The zero-order valence-electron chi connectivity index (χ0n) is 5.27. The molecule has 0 rings (SSSR count). The minimum Gasteiger partial charge on any atom is -0.393 e. The Hall–Kier alpha value is -0.750. The fourth-order valence-corrected chi connectivity index (χ4v) is 0.321. The van der Waals surface area contributed by atoms with Crippen LogP contribution >= 0.6 is 0 Å². The highest BCUT2D eigenvalue weighted by Gasteiger charge is 2.00. The number of rotatable bonds is 2. The molecule has 2 heteroatoms. The smallest absolute Gasteiger partial charge is 0.145 e. The van der Waals surface area contributed by atoms with Crippen LogP contribution in [-0.2, 0) is 4.79 Å². The van der Waals surface area contributed by atoms with Crippen LogP contribution in [0.4, 0.5) is 0 Å². The molecule has 2 nitrogen and oxygen atoms in total. The van der Waals surface area contributed by atoms with Crippen LogP contribution in [0.3, 0.4) is 0 Å². The molecule has 0 fully saturated rings. The van der Waals surface area contributed by atoms with Gasteiger partial charge in [-0.1, -0.05) is 13.8 Å². The molecule has 0 aliphatic heterocycles. The fraction of sp³-hybridized carbons (Fsp3) is 0.667. The largest absolute Gasteiger partial charge is 0.393 e. The van der Waals surface area contributed by atoms with Crippen molar-refractivity contribution >= 4 is 5.94 Å². The van der Waals surface area contributed by atoms with Gasteiger partial charge >= 0.3 is 0 Å². The summed E-state index contributed by atoms with van der Waals surface area (Å²) in [6.07, 6.45) is 0.904. The van der Waals surface area contributed by atoms with Gasteiger partial charge in [0, 0.05) is 5.92 Å². The molecule has 0 spiro atoms. The lowest BCUT2D eigenvalue weighted by Crippen LogP contribution is -2.07. The van der Waals surface area contributed by atoms with Gasteiger partial charge in [0.25, 0.3) is 0 Å². The summed E-state index contributed by atoms with van der Waals surface area (Å²) in [5.41, 5.74) is 5.55. The van der Waals surface area contributed by atoms with Crippen molar-refractivity contribution in [1.29, 1.82) is 0 Å². The minimum absolute atomic E-state index is 0.187. The van der Waals surface area contributed by atoms with Gasteiger partial charge in [-0.15, -0.1) is 0 Å². The van der Waals surface area contributed by atoms with Crippen molar-refractivity contribution in [1.82, 2.24) is 0 Å². The first-order valence-corrected chi connectivity index (χ1v) is 2.72. The van der Waals surface area contributed by atoms with Crippen LogP contribution < -0.4 is 5.73 Å². The number of allylic oxidation sites excluding steroid dienone is 1. The number of carbonyl (C=O) groups excluding carboxylic acids is 1. The molecule has 1 atom stereocenters. The fourth-order valence-electron chi connectivity index (χ4n) is 0.321. The molecular weight excluding hydrogens is 102 g/mol. The van der Waals surface area contributed by atoms with Gasteiger partial charge in [0.05, 0.1) is 5.70 Å². The molecule has 0 aromatic rings. The lowest BCUT2D eigenvalue weighted by Gasteiger charge is -2.01. The van der Waals surface area contributed by atoms with Crippen LogP contribution in [0.25, 0.3) is 0 Å². The molecule has 0 amide bonds. The Labute approximate surface area is 49.4 Å². The summed E-state index contributed by atoms with van der Waals surface area (Å²) < 4.78 is 0. The van der Waals surface area contributed by atoms with E-state index in [0.29, 0.717) is 5.70 Å². The van der Waals surface area contributed by atoms with Crippen LogP contribution in [0.1, 0.15) is 20.3 Å². The molecule has 8 heavy (non-hydrogen) atoms. The van der Waals surface area contributed by atoms with Gasteiger partial charge in [0.1, 0.15) is 5.94 Å². The summed E-state index contributed by atoms with van der Waals surface area (Å²) in [5.74, 6) is 1.85. The molecule has 0 saturated carbocycles. The first-order valence-electron chi connectivity index (χ1n) is 2.72. The van der Waals surface area contributed by atoms with E-state index in [1.807, 2.05) is 13.8 Å². The highest BCUT2D eigenvalue weighted by Crippen LogP contribution is 2.03. The molecule has 46 valence electrons. The molecule has 0 heterocycles. The van der Waals surface area contributed by atoms with Crippen molar-refractivity contribution in [2.75, 3.05) is 0 Å². The van der Waals surface area contributed by atoms with E-state index in [2.05, 4.69) is 0 Å². The predicted octanol–water partition coefficient (Wildman–Crippen LogP) is 0.707. The molecule has 0 unspecified atom stereocenters. The Bertz CT molecular complexity index is 114. The van der Waals surface area contributed by atoms with Crippen molar-refractivity contribution in [2.24, 2.45) is 11.7 Å². The maximum atomic E-state index is 9.82. The molecule has 0 radical (unpaired) electrons. The maximum Gasteiger partial charge on any atom is 0.145 e. The SMILES string of the molecule is CC[C@H](C)C(N)=C=O. The highest BCUT2D eigenvalue weighted by atomic mass is 16.1. The summed E-state index contributed by atoms with van der Waals surface area (Å²) in [5, 5.41) is 0. The standard InChI is InChI=1S/C6H11NO/c1-3-5(2)6(7)4-8/h5H,3,7H2,1-2H3/t5-/m0/s1. The highest BCUT2D eigenvalue weighted by molar-refractivity contribution is 5.51. The zero-order valence-corrected chi connectivity index (χ0v) is 5.27. The van der Waals surface area contributed by atoms with Gasteiger partial charge in [-0.25, -0.2) is 4.79 Å². The van der Waals surface area contributed by atoms with Crippen molar-refractivity contribution in [3.63, 3.8) is 0 Å². The van der Waals surface area contributed by atoms with E-state index in [0.717, 1.165) is 6.42 Å². The summed E-state index contributed by atoms with van der Waals surface area (Å²) in [4.78, 5) is 9.82. The Morgan fingerprint density at radius 1 is 1.88 bits per heavy atom. The average molecular weight is 113 g/mol. The van der Waals surface area contributed by atoms with Crippen LogP contribution in [0.5, 0.6) is 0 Å². The van der Waals surface area contributed by atoms with Crippen molar-refractivity contribution in [2.45, 2.75) is 20.3 Å². The Morgan fingerprint density at radius 2 is 2.38 bits per heavy atom. The van der Waals surface area contributed by atoms with E-state index in [1.54, 1.807) is 5.94 Å². The van der Waals surface area contributed by atoms with Gasteiger partial charge in [0.2, 0.25) is 0 Å². The van der Waals surface area contributed by atoms with Gasteiger partial charge in [-0.3, -0.25) is 0 Å². The maximum absolute atomic E-state index is 9.82. The number of hydrogen-bond donors (Lipinski definition) is 1. The Balaban J connectivity index is 3.82. The van der Waals surface area contributed by atoms with Crippen molar-refractivity contribution in [3.8, 4) is 0 Å². The molecule has 0 aliphatic rings. The third-order valence-corrected chi connectivity index (χ3v) is 1.26. The van der Waals surface area contributed by atoms with Gasteiger partial charge < -0.3 is 5.73 Å². The van der Waals surface area contributed by atoms with Crippen molar-refractivity contribution in [3.05, 3.63) is 5.70 Å². The van der Waals surface area contributed by atoms with Crippen LogP contribution in [-0.4, -0.2) is 5.94 Å². The van der Waals surface area contributed by atoms with E-state index in [-0.39, 0.29) is 5.92 Å². The summed E-state index contributed by atoms with van der Waals surface area (Å²) in [6, 6.07) is 0. The monoisotopic (exact) mass is 113 g/mol. The van der Waals surface area contributed by atoms with Crippen molar-refractivity contribution < 1.29 is 4.79 Å². The summed E-state index contributed by atoms with van der Waals surface area (Å²) in [6.45, 7) is 3.88. The van der Waals surface area contributed by atoms with E-state index in [4.69, 9.17) is 5.73 Å². The van der Waals surface area contributed by atoms with E-state index in [1.165, 1.54) is 0 Å². The third kappa shape index (κ3) is 1.80. The lowest BCUT2D eigenvalue weighted by atomic mass is 10.1. The number of nitrogens with two attached hydrogens (primary N) is 1. The van der Waals surface area contributed by atoms with Gasteiger partial charge in [0.15, 0.2) is 0 Å². The van der Waals surface area contributed by atoms with Gasteiger partial charge in [-0.2, -0.15) is 0 Å². The first kappa shape index (κ1) is 7.25. The van der Waals surface area contributed by atoms with E-state index in [9.17, 15) is 4.79 Å². The summed E-state index contributed by atoms with van der Waals surface area (Å²) in [7, 11) is 0.